The number of carbonyl (C=O) groups excluding carboxylic acids is 1. The summed E-state index contributed by atoms with van der Waals surface area (Å²) in [6.45, 7) is 8.28. The minimum Gasteiger partial charge on any atom is -0.349 e. The maximum atomic E-state index is 12.8. The Hall–Kier alpha value is -2.70. The lowest BCUT2D eigenvalue weighted by Crippen LogP contribution is -2.38. The smallest absolute Gasteiger partial charge is 0.270 e. The Kier molecular flexibility index (Phi) is 7.01. The number of benzene rings is 1. The molecule has 2 heterocycles. The Morgan fingerprint density at radius 1 is 1.17 bits per heavy atom. The van der Waals surface area contributed by atoms with Crippen LogP contribution in [0.25, 0.3) is 5.69 Å². The van der Waals surface area contributed by atoms with Gasteiger partial charge in [-0.2, -0.15) is 0 Å². The topological polar surface area (TPSA) is 63.1 Å². The van der Waals surface area contributed by atoms with Crippen molar-refractivity contribution in [3.8, 4) is 5.69 Å². The van der Waals surface area contributed by atoms with Crippen LogP contribution < -0.4 is 5.32 Å². The number of hydrogen-bond acceptors (Lipinski definition) is 4. The van der Waals surface area contributed by atoms with Gasteiger partial charge in [-0.15, -0.1) is 0 Å². The first-order valence-corrected chi connectivity index (χ1v) is 10.2. The molecule has 0 aliphatic rings. The molecule has 2 aromatic heterocycles. The predicted molar refractivity (Wildman–Crippen MR) is 116 cm³/mol. The van der Waals surface area contributed by atoms with Crippen molar-refractivity contribution in [2.75, 3.05) is 19.6 Å². The number of nitrogens with one attached hydrogen (secondary N) is 1. The molecular formula is C22H26ClN5O. The summed E-state index contributed by atoms with van der Waals surface area (Å²) in [5.41, 5.74) is 2.23. The first-order valence-electron chi connectivity index (χ1n) is 9.78. The van der Waals surface area contributed by atoms with Crippen molar-refractivity contribution in [2.24, 2.45) is 0 Å². The molecule has 0 aliphatic heterocycles. The quantitative estimate of drug-likeness (QED) is 0.607. The third kappa shape index (κ3) is 4.83. The van der Waals surface area contributed by atoms with Crippen molar-refractivity contribution in [2.45, 2.75) is 26.8 Å². The van der Waals surface area contributed by atoms with Gasteiger partial charge in [-0.05, 0) is 43.8 Å². The van der Waals surface area contributed by atoms with E-state index in [-0.39, 0.29) is 11.9 Å². The van der Waals surface area contributed by atoms with E-state index in [9.17, 15) is 4.79 Å². The molecule has 3 aromatic rings. The van der Waals surface area contributed by atoms with Gasteiger partial charge in [0.1, 0.15) is 11.5 Å². The maximum absolute atomic E-state index is 12.8. The van der Waals surface area contributed by atoms with Crippen LogP contribution in [0.5, 0.6) is 0 Å². The van der Waals surface area contributed by atoms with Crippen molar-refractivity contribution < 1.29 is 4.79 Å². The van der Waals surface area contributed by atoms with Gasteiger partial charge in [-0.25, -0.2) is 4.98 Å². The fourth-order valence-electron chi connectivity index (χ4n) is 3.47. The maximum Gasteiger partial charge on any atom is 0.270 e. The molecule has 0 spiro atoms. The molecule has 0 fully saturated rings. The molecule has 6 nitrogen and oxygen atoms in total. The standard InChI is InChI=1S/C22H26ClN5O/c1-4-27(5-2)21(18-8-6-7-9-19(18)23)15-26-22(29)20-14-17(10-11-25-20)28-13-12-24-16(28)3/h6-14,21H,4-5,15H2,1-3H3,(H,26,29)/t21-/m1/s1. The Balaban J connectivity index is 1.79. The first-order chi connectivity index (χ1) is 14.0. The summed E-state index contributed by atoms with van der Waals surface area (Å²) in [5.74, 6) is 0.636. The molecule has 1 atom stereocenters. The van der Waals surface area contributed by atoms with Crippen LogP contribution in [-0.4, -0.2) is 45.0 Å². The summed E-state index contributed by atoms with van der Waals surface area (Å²) in [7, 11) is 0. The molecule has 0 aliphatic carbocycles. The number of nitrogens with zero attached hydrogens (tertiary/aromatic N) is 4. The minimum absolute atomic E-state index is 0.0123. The first kappa shape index (κ1) is 21.0. The second-order valence-corrected chi connectivity index (χ2v) is 7.12. The SMILES string of the molecule is CCN(CC)[C@H](CNC(=O)c1cc(-n2ccnc2C)ccn1)c1ccccc1Cl. The van der Waals surface area contributed by atoms with Crippen LogP contribution in [0.4, 0.5) is 0 Å². The normalized spacial score (nSPS) is 12.2. The zero-order valence-corrected chi connectivity index (χ0v) is 17.7. The molecule has 0 bridgehead atoms. The van der Waals surface area contributed by atoms with Crippen LogP contribution in [0.2, 0.25) is 5.02 Å². The van der Waals surface area contributed by atoms with Crippen LogP contribution in [0.15, 0.2) is 55.0 Å². The lowest BCUT2D eigenvalue weighted by Gasteiger charge is -2.30. The number of halogens is 1. The van der Waals surface area contributed by atoms with Crippen LogP contribution in [0, 0.1) is 6.92 Å². The van der Waals surface area contributed by atoms with Crippen molar-refractivity contribution in [1.29, 1.82) is 0 Å². The molecule has 1 N–H and O–H groups in total. The number of rotatable bonds is 8. The number of imidazole rings is 1. The Bertz CT molecular complexity index is 967. The van der Waals surface area contributed by atoms with E-state index in [1.807, 2.05) is 48.0 Å². The second kappa shape index (κ2) is 9.67. The zero-order chi connectivity index (χ0) is 20.8. The number of amides is 1. The molecule has 1 aromatic carbocycles. The number of aryl methyl sites for hydroxylation is 1. The lowest BCUT2D eigenvalue weighted by atomic mass is 10.0. The van der Waals surface area contributed by atoms with E-state index in [1.54, 1.807) is 18.5 Å². The fraction of sp³-hybridized carbons (Fsp3) is 0.318. The fourth-order valence-corrected chi connectivity index (χ4v) is 3.73. The molecule has 0 saturated carbocycles. The van der Waals surface area contributed by atoms with Crippen LogP contribution in [0.3, 0.4) is 0 Å². The number of carbonyl (C=O) groups is 1. The van der Waals surface area contributed by atoms with Crippen molar-refractivity contribution >= 4 is 17.5 Å². The highest BCUT2D eigenvalue weighted by Crippen LogP contribution is 2.27. The Morgan fingerprint density at radius 3 is 2.59 bits per heavy atom. The van der Waals surface area contributed by atoms with Gasteiger partial charge in [0.05, 0.1) is 11.7 Å². The summed E-state index contributed by atoms with van der Waals surface area (Å²) in [6.07, 6.45) is 5.23. The van der Waals surface area contributed by atoms with Crippen LogP contribution >= 0.6 is 11.6 Å². The number of likely N-dealkylation sites (N-methyl/N-ethyl adjacent to an activating group) is 1. The van der Waals surface area contributed by atoms with Gasteiger partial charge in [0, 0.05) is 30.2 Å². The zero-order valence-electron chi connectivity index (χ0n) is 17.0. The summed E-state index contributed by atoms with van der Waals surface area (Å²) >= 11 is 6.44. The van der Waals surface area contributed by atoms with E-state index in [2.05, 4.69) is 34.0 Å². The van der Waals surface area contributed by atoms with E-state index in [1.165, 1.54) is 0 Å². The molecule has 0 saturated heterocycles. The van der Waals surface area contributed by atoms with Gasteiger partial charge in [0.2, 0.25) is 0 Å². The third-order valence-electron chi connectivity index (χ3n) is 5.05. The molecule has 3 rings (SSSR count). The van der Waals surface area contributed by atoms with E-state index in [4.69, 9.17) is 11.6 Å². The average molecular weight is 412 g/mol. The van der Waals surface area contributed by atoms with Gasteiger partial charge >= 0.3 is 0 Å². The van der Waals surface area contributed by atoms with Crippen molar-refractivity contribution in [3.63, 3.8) is 0 Å². The third-order valence-corrected chi connectivity index (χ3v) is 5.40. The molecule has 1 amide bonds. The second-order valence-electron chi connectivity index (χ2n) is 6.71. The largest absolute Gasteiger partial charge is 0.349 e. The van der Waals surface area contributed by atoms with Crippen molar-refractivity contribution in [1.82, 2.24) is 24.8 Å². The highest BCUT2D eigenvalue weighted by molar-refractivity contribution is 6.31. The summed E-state index contributed by atoms with van der Waals surface area (Å²) in [4.78, 5) is 23.6. The molecule has 29 heavy (non-hydrogen) atoms. The molecule has 0 unspecified atom stereocenters. The van der Waals surface area contributed by atoms with Gasteiger partial charge in [-0.3, -0.25) is 14.7 Å². The van der Waals surface area contributed by atoms with Gasteiger partial charge in [0.15, 0.2) is 0 Å². The van der Waals surface area contributed by atoms with Crippen molar-refractivity contribution in [3.05, 3.63) is 77.1 Å². The van der Waals surface area contributed by atoms with Gasteiger partial charge in [0.25, 0.3) is 5.91 Å². The molecule has 7 heteroatoms. The minimum atomic E-state index is -0.214. The van der Waals surface area contributed by atoms with E-state index in [0.717, 1.165) is 30.2 Å². The molecule has 0 radical (unpaired) electrons. The Morgan fingerprint density at radius 2 is 1.93 bits per heavy atom. The highest BCUT2D eigenvalue weighted by Gasteiger charge is 2.21. The van der Waals surface area contributed by atoms with Gasteiger partial charge in [-0.1, -0.05) is 43.6 Å². The molecular weight excluding hydrogens is 386 g/mol. The predicted octanol–water partition coefficient (Wildman–Crippen LogP) is 4.04. The summed E-state index contributed by atoms with van der Waals surface area (Å²) in [6, 6.07) is 11.4. The number of pyridine rings is 1. The summed E-state index contributed by atoms with van der Waals surface area (Å²) < 4.78 is 1.92. The summed E-state index contributed by atoms with van der Waals surface area (Å²) in [5, 5.41) is 3.74. The number of aromatic nitrogens is 3. The van der Waals surface area contributed by atoms with Gasteiger partial charge < -0.3 is 9.88 Å². The lowest BCUT2D eigenvalue weighted by molar-refractivity contribution is 0.0930. The monoisotopic (exact) mass is 411 g/mol. The van der Waals surface area contributed by atoms with E-state index < -0.39 is 0 Å². The van der Waals surface area contributed by atoms with E-state index in [0.29, 0.717) is 17.3 Å². The number of hydrogen-bond donors (Lipinski definition) is 1. The molecule has 152 valence electrons. The average Bonchev–Trinajstić information content (AvgIpc) is 3.17. The van der Waals surface area contributed by atoms with E-state index >= 15 is 0 Å². The highest BCUT2D eigenvalue weighted by atomic mass is 35.5. The van der Waals surface area contributed by atoms with Crippen LogP contribution in [0.1, 0.15) is 41.8 Å². The van der Waals surface area contributed by atoms with Crippen LogP contribution in [-0.2, 0) is 0 Å². The Labute approximate surface area is 176 Å².